The summed E-state index contributed by atoms with van der Waals surface area (Å²) in [6.07, 6.45) is 0.856. The van der Waals surface area contributed by atoms with Gasteiger partial charge in [0.05, 0.1) is 6.04 Å². The van der Waals surface area contributed by atoms with Crippen LogP contribution in [0.3, 0.4) is 0 Å². The van der Waals surface area contributed by atoms with Crippen molar-refractivity contribution in [2.24, 2.45) is 0 Å². The zero-order chi connectivity index (χ0) is 16.7. The molecule has 3 heterocycles. The number of hydrogen-bond donors (Lipinski definition) is 0. The molecule has 4 rings (SSSR count). The third-order valence-electron chi connectivity index (χ3n) is 4.46. The third kappa shape index (κ3) is 2.58. The molecule has 1 aliphatic heterocycles. The van der Waals surface area contributed by atoms with Crippen LogP contribution in [0.15, 0.2) is 47.2 Å². The van der Waals surface area contributed by atoms with Crippen molar-refractivity contribution in [3.8, 4) is 0 Å². The minimum Gasteiger partial charge on any atom is -0.326 e. The van der Waals surface area contributed by atoms with Gasteiger partial charge in [0.25, 0.3) is 5.91 Å². The lowest BCUT2D eigenvalue weighted by Crippen LogP contribution is -2.39. The largest absolute Gasteiger partial charge is 0.326 e. The van der Waals surface area contributed by atoms with Crippen LogP contribution in [-0.2, 0) is 6.42 Å². The van der Waals surface area contributed by atoms with Crippen LogP contribution in [0.2, 0.25) is 0 Å². The maximum absolute atomic E-state index is 13.9. The van der Waals surface area contributed by atoms with E-state index in [1.54, 1.807) is 41.7 Å². The fourth-order valence-electron chi connectivity index (χ4n) is 3.18. The number of rotatable bonds is 2. The van der Waals surface area contributed by atoms with Gasteiger partial charge in [-0.1, -0.05) is 12.1 Å². The summed E-state index contributed by atoms with van der Waals surface area (Å²) in [7, 11) is 0. The Bertz CT molecular complexity index is 885. The van der Waals surface area contributed by atoms with Gasteiger partial charge in [0.2, 0.25) is 0 Å². The number of fused-ring (bicyclic) bond motifs is 1. The van der Waals surface area contributed by atoms with E-state index in [2.05, 4.69) is 17.5 Å². The van der Waals surface area contributed by atoms with Crippen LogP contribution in [0.25, 0.3) is 0 Å². The first kappa shape index (κ1) is 15.5. The highest BCUT2D eigenvalue weighted by Crippen LogP contribution is 2.40. The number of amides is 1. The molecule has 0 radical (unpaired) electrons. The first-order chi connectivity index (χ1) is 11.6. The summed E-state index contributed by atoms with van der Waals surface area (Å²) in [5, 5.41) is 4.12. The van der Waals surface area contributed by atoms with Crippen molar-refractivity contribution < 1.29 is 9.18 Å². The van der Waals surface area contributed by atoms with E-state index in [0.717, 1.165) is 11.3 Å². The van der Waals surface area contributed by atoms with Gasteiger partial charge < -0.3 is 4.90 Å². The van der Waals surface area contributed by atoms with Gasteiger partial charge in [-0.05, 0) is 59.5 Å². The van der Waals surface area contributed by atoms with E-state index < -0.39 is 0 Å². The Hall–Kier alpha value is -1.98. The van der Waals surface area contributed by atoms with Gasteiger partial charge in [-0.2, -0.15) is 0 Å². The molecule has 0 saturated carbocycles. The molecule has 0 aliphatic carbocycles. The topological polar surface area (TPSA) is 20.3 Å². The molecule has 0 fully saturated rings. The quantitative estimate of drug-likeness (QED) is 0.629. The Labute approximate surface area is 148 Å². The summed E-state index contributed by atoms with van der Waals surface area (Å²) in [6, 6.07) is 10.9. The summed E-state index contributed by atoms with van der Waals surface area (Å²) in [6.45, 7) is 2.36. The van der Waals surface area contributed by atoms with Gasteiger partial charge in [-0.25, -0.2) is 4.39 Å². The summed E-state index contributed by atoms with van der Waals surface area (Å²) < 4.78 is 13.9. The molecule has 1 aliphatic rings. The predicted molar refractivity (Wildman–Crippen MR) is 96.4 cm³/mol. The van der Waals surface area contributed by atoms with E-state index in [9.17, 15) is 9.18 Å². The van der Waals surface area contributed by atoms with Gasteiger partial charge >= 0.3 is 0 Å². The molecule has 0 unspecified atom stereocenters. The summed E-state index contributed by atoms with van der Waals surface area (Å²) in [5.41, 5.74) is 2.17. The molecule has 24 heavy (non-hydrogen) atoms. The van der Waals surface area contributed by atoms with Crippen LogP contribution in [0, 0.1) is 12.7 Å². The van der Waals surface area contributed by atoms with Gasteiger partial charge in [-0.15, -0.1) is 22.7 Å². The number of nitrogens with zero attached hydrogens (tertiary/aromatic N) is 1. The number of aryl methyl sites for hydroxylation is 1. The average molecular weight is 357 g/mol. The zero-order valence-electron chi connectivity index (χ0n) is 13.2. The minimum absolute atomic E-state index is 0.0723. The van der Waals surface area contributed by atoms with Crippen molar-refractivity contribution in [1.82, 2.24) is 4.90 Å². The number of carbonyl (C=O) groups excluding carboxylic acids is 1. The van der Waals surface area contributed by atoms with Crippen LogP contribution in [0.5, 0.6) is 0 Å². The number of hydrogen-bond acceptors (Lipinski definition) is 3. The second-order valence-corrected chi connectivity index (χ2v) is 7.91. The Morgan fingerprint density at radius 3 is 2.83 bits per heavy atom. The molecule has 5 heteroatoms. The van der Waals surface area contributed by atoms with E-state index >= 15 is 0 Å². The maximum Gasteiger partial charge on any atom is 0.254 e. The fourth-order valence-corrected chi connectivity index (χ4v) is 4.94. The molecule has 1 atom stereocenters. The normalized spacial score (nSPS) is 16.9. The van der Waals surface area contributed by atoms with Crippen molar-refractivity contribution >= 4 is 28.6 Å². The van der Waals surface area contributed by atoms with Crippen LogP contribution in [0.4, 0.5) is 4.39 Å². The monoisotopic (exact) mass is 357 g/mol. The summed E-state index contributed by atoms with van der Waals surface area (Å²) in [5.74, 6) is -0.439. The Balaban J connectivity index is 1.76. The van der Waals surface area contributed by atoms with E-state index in [0.29, 0.717) is 17.7 Å². The predicted octanol–water partition coefficient (Wildman–Crippen LogP) is 5.05. The Kier molecular flexibility index (Phi) is 3.98. The summed E-state index contributed by atoms with van der Waals surface area (Å²) >= 11 is 3.40. The number of halogens is 1. The average Bonchev–Trinajstić information content (AvgIpc) is 3.26. The maximum atomic E-state index is 13.9. The Morgan fingerprint density at radius 1 is 1.21 bits per heavy atom. The van der Waals surface area contributed by atoms with Gasteiger partial charge in [-0.3, -0.25) is 4.79 Å². The van der Waals surface area contributed by atoms with E-state index in [4.69, 9.17) is 0 Å². The highest BCUT2D eigenvalue weighted by Gasteiger charge is 2.33. The Morgan fingerprint density at radius 2 is 2.08 bits per heavy atom. The number of benzene rings is 1. The van der Waals surface area contributed by atoms with Crippen molar-refractivity contribution in [3.05, 3.63) is 79.4 Å². The molecule has 2 nitrogen and oxygen atoms in total. The molecule has 122 valence electrons. The number of carbonyl (C=O) groups is 1. The van der Waals surface area contributed by atoms with Gasteiger partial charge in [0.15, 0.2) is 0 Å². The lowest BCUT2D eigenvalue weighted by molar-refractivity contribution is 0.0698. The van der Waals surface area contributed by atoms with Crippen LogP contribution in [0.1, 0.15) is 37.3 Å². The van der Waals surface area contributed by atoms with E-state index in [-0.39, 0.29) is 17.8 Å². The molecule has 1 amide bonds. The lowest BCUT2D eigenvalue weighted by atomic mass is 9.97. The molecule has 0 bridgehead atoms. The van der Waals surface area contributed by atoms with Gasteiger partial charge in [0, 0.05) is 21.9 Å². The molecule has 1 aromatic carbocycles. The zero-order valence-corrected chi connectivity index (χ0v) is 14.8. The van der Waals surface area contributed by atoms with Crippen molar-refractivity contribution in [3.63, 3.8) is 0 Å². The minimum atomic E-state index is -0.332. The van der Waals surface area contributed by atoms with Crippen LogP contribution >= 0.6 is 22.7 Å². The highest BCUT2D eigenvalue weighted by molar-refractivity contribution is 7.10. The molecule has 2 aromatic heterocycles. The molecular formula is C19H16FNOS2. The third-order valence-corrected chi connectivity index (χ3v) is 6.38. The second kappa shape index (κ2) is 6.15. The molecule has 0 N–H and O–H groups in total. The van der Waals surface area contributed by atoms with Crippen molar-refractivity contribution in [1.29, 1.82) is 0 Å². The smallest absolute Gasteiger partial charge is 0.254 e. The fraction of sp³-hybridized carbons (Fsp3) is 0.211. The van der Waals surface area contributed by atoms with Crippen LogP contribution < -0.4 is 0 Å². The lowest BCUT2D eigenvalue weighted by Gasteiger charge is -2.35. The first-order valence-electron chi connectivity index (χ1n) is 7.82. The first-order valence-corrected chi connectivity index (χ1v) is 9.58. The SMILES string of the molecule is Cc1ccc(C(=O)N2CCc3sccc3[C@@H]2c2cccs2)cc1F. The number of thiophene rings is 2. The van der Waals surface area contributed by atoms with Crippen LogP contribution in [-0.4, -0.2) is 17.4 Å². The highest BCUT2D eigenvalue weighted by atomic mass is 32.1. The van der Waals surface area contributed by atoms with Gasteiger partial charge in [0.1, 0.15) is 5.82 Å². The van der Waals surface area contributed by atoms with Crippen molar-refractivity contribution in [2.75, 3.05) is 6.54 Å². The molecular weight excluding hydrogens is 341 g/mol. The van der Waals surface area contributed by atoms with Crippen molar-refractivity contribution in [2.45, 2.75) is 19.4 Å². The summed E-state index contributed by atoms with van der Waals surface area (Å²) in [4.78, 5) is 17.4. The van der Waals surface area contributed by atoms with E-state index in [1.807, 2.05) is 16.3 Å². The molecule has 0 spiro atoms. The molecule has 3 aromatic rings. The molecule has 0 saturated heterocycles. The van der Waals surface area contributed by atoms with E-state index in [1.165, 1.54) is 16.5 Å². The standard InChI is InChI=1S/C19H16FNOS2/c1-12-4-5-13(11-15(12)20)19(22)21-8-6-16-14(7-10-24-16)18(21)17-3-2-9-23-17/h2-5,7,9-11,18H,6,8H2,1H3/t18-/m1/s1. The second-order valence-electron chi connectivity index (χ2n) is 5.93.